The van der Waals surface area contributed by atoms with Gasteiger partial charge in [0.25, 0.3) is 5.91 Å². The van der Waals surface area contributed by atoms with Crippen molar-refractivity contribution < 1.29 is 28.5 Å². The van der Waals surface area contributed by atoms with E-state index in [-0.39, 0.29) is 22.7 Å². The van der Waals surface area contributed by atoms with E-state index in [9.17, 15) is 9.59 Å². The molecule has 9 nitrogen and oxygen atoms in total. The molecule has 1 N–H and O–H groups in total. The molecule has 0 saturated heterocycles. The molecule has 2 aliphatic heterocycles. The Labute approximate surface area is 245 Å². The van der Waals surface area contributed by atoms with Crippen LogP contribution in [-0.4, -0.2) is 48.6 Å². The van der Waals surface area contributed by atoms with Gasteiger partial charge in [-0.3, -0.25) is 15.1 Å². The van der Waals surface area contributed by atoms with Crippen molar-refractivity contribution in [2.24, 2.45) is 4.99 Å². The highest BCUT2D eigenvalue weighted by molar-refractivity contribution is 8.17. The van der Waals surface area contributed by atoms with E-state index in [0.717, 1.165) is 5.56 Å². The number of methoxy groups -OCH3 is 2. The quantitative estimate of drug-likeness (QED) is 0.186. The number of aliphatic imine (C=N–C) groups is 1. The number of fused-ring (bicyclic) bond motifs is 1. The average Bonchev–Trinajstić information content (AvgIpc) is 3.40. The van der Waals surface area contributed by atoms with Gasteiger partial charge in [0.05, 0.1) is 37.7 Å². The summed E-state index contributed by atoms with van der Waals surface area (Å²) in [4.78, 5) is 31.6. The van der Waals surface area contributed by atoms with Gasteiger partial charge in [-0.05, 0) is 55.0 Å². The molecule has 0 atom stereocenters. The molecule has 0 radical (unpaired) electrons. The maximum Gasteiger partial charge on any atom is 0.343 e. The molecule has 0 aromatic heterocycles. The first-order valence-corrected chi connectivity index (χ1v) is 13.7. The Bertz CT molecular complexity index is 1670. The first-order valence-electron chi connectivity index (χ1n) is 12.4. The number of thioether (sulfide) groups is 1. The molecule has 208 valence electrons. The number of ether oxygens (including phenoxy) is 4. The van der Waals surface area contributed by atoms with Gasteiger partial charge >= 0.3 is 5.97 Å². The van der Waals surface area contributed by atoms with Crippen molar-refractivity contribution in [2.45, 2.75) is 6.92 Å². The third-order valence-electron chi connectivity index (χ3n) is 6.16. The smallest absolute Gasteiger partial charge is 0.343 e. The fourth-order valence-electron chi connectivity index (χ4n) is 4.22. The van der Waals surface area contributed by atoms with Gasteiger partial charge in [0.1, 0.15) is 5.84 Å². The molecule has 5 rings (SSSR count). The van der Waals surface area contributed by atoms with Crippen LogP contribution < -0.4 is 18.9 Å². The van der Waals surface area contributed by atoms with Gasteiger partial charge in [-0.25, -0.2) is 4.79 Å². The van der Waals surface area contributed by atoms with Gasteiger partial charge in [0, 0.05) is 16.0 Å². The third-order valence-corrected chi connectivity index (χ3v) is 7.32. The topological polar surface area (TPSA) is 111 Å². The second-order valence-corrected chi connectivity index (χ2v) is 9.88. The number of esters is 1. The fourth-order valence-corrected chi connectivity index (χ4v) is 5.33. The Hall–Kier alpha value is -4.54. The monoisotopic (exact) mass is 589 g/mol. The first-order chi connectivity index (χ1) is 19.8. The number of carbonyl (C=O) groups excluding carboxylic acids is 2. The standard InChI is InChI=1S/C30H24ClN3O6S/c1-4-39-26-14-17(9-11-24(26)40-29(36)18-10-12-23(37-2)25(15-18)38-3)13-20-27(32)34-22(16-41-30(34)33-28(20)35)19-7-5-6-8-21(19)31/h5-16,32H,4H2,1-3H3. The van der Waals surface area contributed by atoms with Crippen LogP contribution in [0.4, 0.5) is 0 Å². The molecule has 0 bridgehead atoms. The predicted octanol–water partition coefficient (Wildman–Crippen LogP) is 6.28. The lowest BCUT2D eigenvalue weighted by Gasteiger charge is -2.27. The molecule has 0 aliphatic carbocycles. The number of rotatable bonds is 8. The molecule has 2 heterocycles. The number of nitrogens with one attached hydrogen (secondary N) is 1. The molecule has 0 unspecified atom stereocenters. The van der Waals surface area contributed by atoms with Gasteiger partial charge in [-0.1, -0.05) is 47.6 Å². The van der Waals surface area contributed by atoms with E-state index >= 15 is 0 Å². The van der Waals surface area contributed by atoms with Crippen molar-refractivity contribution in [3.05, 3.63) is 93.4 Å². The predicted molar refractivity (Wildman–Crippen MR) is 159 cm³/mol. The molecule has 3 aromatic rings. The van der Waals surface area contributed by atoms with Crippen LogP contribution in [0.25, 0.3) is 11.8 Å². The fraction of sp³-hybridized carbons (Fsp3) is 0.133. The largest absolute Gasteiger partial charge is 0.493 e. The van der Waals surface area contributed by atoms with Crippen LogP contribution in [0.5, 0.6) is 23.0 Å². The molecule has 11 heteroatoms. The number of nitrogens with zero attached hydrogens (tertiary/aromatic N) is 2. The Morgan fingerprint density at radius 2 is 1.78 bits per heavy atom. The number of halogens is 1. The lowest BCUT2D eigenvalue weighted by Crippen LogP contribution is -2.38. The minimum atomic E-state index is -0.616. The molecule has 0 saturated carbocycles. The number of hydrogen-bond acceptors (Lipinski definition) is 8. The number of benzene rings is 3. The zero-order valence-corrected chi connectivity index (χ0v) is 23.8. The highest BCUT2D eigenvalue weighted by atomic mass is 35.5. The molecule has 3 aromatic carbocycles. The number of amides is 1. The summed E-state index contributed by atoms with van der Waals surface area (Å²) in [5.74, 6) is 0.181. The van der Waals surface area contributed by atoms with E-state index in [4.69, 9.17) is 36.0 Å². The molecule has 2 aliphatic rings. The SMILES string of the molecule is CCOc1cc(C=C2C(=N)N3C(c4ccccc4Cl)=CSC3=NC2=O)ccc1OC(=O)c1ccc(OC)c(OC)c1. The van der Waals surface area contributed by atoms with Gasteiger partial charge in [0.15, 0.2) is 28.2 Å². The van der Waals surface area contributed by atoms with Crippen LogP contribution in [0.15, 0.2) is 76.6 Å². The zero-order valence-electron chi connectivity index (χ0n) is 22.3. The van der Waals surface area contributed by atoms with Crippen molar-refractivity contribution in [3.8, 4) is 23.0 Å². The van der Waals surface area contributed by atoms with E-state index in [2.05, 4.69) is 4.99 Å². The lowest BCUT2D eigenvalue weighted by molar-refractivity contribution is -0.114. The van der Waals surface area contributed by atoms with Crippen molar-refractivity contribution in [2.75, 3.05) is 20.8 Å². The maximum atomic E-state index is 12.9. The van der Waals surface area contributed by atoms with Gasteiger partial charge in [-0.15, -0.1) is 0 Å². The zero-order chi connectivity index (χ0) is 29.1. The lowest BCUT2D eigenvalue weighted by atomic mass is 10.1. The van der Waals surface area contributed by atoms with Gasteiger partial charge in [-0.2, -0.15) is 4.99 Å². The summed E-state index contributed by atoms with van der Waals surface area (Å²) in [6, 6.07) is 16.9. The Kier molecular flexibility index (Phi) is 8.14. The van der Waals surface area contributed by atoms with Crippen molar-refractivity contribution >= 4 is 58.0 Å². The molecule has 41 heavy (non-hydrogen) atoms. The molecule has 0 fully saturated rings. The van der Waals surface area contributed by atoms with Gasteiger partial charge < -0.3 is 18.9 Å². The Morgan fingerprint density at radius 1 is 1.02 bits per heavy atom. The Balaban J connectivity index is 1.43. The maximum absolute atomic E-state index is 12.9. The van der Waals surface area contributed by atoms with Crippen molar-refractivity contribution in [3.63, 3.8) is 0 Å². The highest BCUT2D eigenvalue weighted by Gasteiger charge is 2.36. The van der Waals surface area contributed by atoms with Crippen molar-refractivity contribution in [1.82, 2.24) is 4.90 Å². The van der Waals surface area contributed by atoms with E-state index < -0.39 is 11.9 Å². The van der Waals surface area contributed by atoms with Gasteiger partial charge in [0.2, 0.25) is 0 Å². The van der Waals surface area contributed by atoms with Crippen LogP contribution in [0.2, 0.25) is 5.02 Å². The van der Waals surface area contributed by atoms with Crippen molar-refractivity contribution in [1.29, 1.82) is 5.41 Å². The van der Waals surface area contributed by atoms with Crippen LogP contribution in [0.1, 0.15) is 28.4 Å². The third kappa shape index (κ3) is 5.57. The minimum Gasteiger partial charge on any atom is -0.493 e. The van der Waals surface area contributed by atoms with Crippen LogP contribution in [-0.2, 0) is 4.79 Å². The first kappa shape index (κ1) is 28.0. The van der Waals surface area contributed by atoms with Crippen LogP contribution >= 0.6 is 23.4 Å². The average molecular weight is 590 g/mol. The molecular weight excluding hydrogens is 566 g/mol. The summed E-state index contributed by atoms with van der Waals surface area (Å²) in [5, 5.41) is 11.6. The van der Waals surface area contributed by atoms with E-state index in [1.165, 1.54) is 32.0 Å². The summed E-state index contributed by atoms with van der Waals surface area (Å²) in [6.07, 6.45) is 1.56. The summed E-state index contributed by atoms with van der Waals surface area (Å²) in [6.45, 7) is 2.11. The second kappa shape index (κ2) is 11.9. The number of hydrogen-bond donors (Lipinski definition) is 1. The number of carbonyl (C=O) groups is 2. The molecule has 1 amide bonds. The minimum absolute atomic E-state index is 0.0295. The Morgan fingerprint density at radius 3 is 2.51 bits per heavy atom. The second-order valence-electron chi connectivity index (χ2n) is 8.64. The molecular formula is C30H24ClN3O6S. The summed E-state index contributed by atoms with van der Waals surface area (Å²) in [7, 11) is 2.99. The summed E-state index contributed by atoms with van der Waals surface area (Å²) in [5.41, 5.74) is 2.30. The summed E-state index contributed by atoms with van der Waals surface area (Å²) < 4.78 is 21.9. The number of amidine groups is 2. The van der Waals surface area contributed by atoms with E-state index in [1.807, 2.05) is 23.6 Å². The van der Waals surface area contributed by atoms with Crippen LogP contribution in [0.3, 0.4) is 0 Å². The normalized spacial score (nSPS) is 15.3. The van der Waals surface area contributed by atoms with E-state index in [1.54, 1.807) is 54.3 Å². The molecule has 0 spiro atoms. The highest BCUT2D eigenvalue weighted by Crippen LogP contribution is 2.40. The summed E-state index contributed by atoms with van der Waals surface area (Å²) >= 11 is 7.67. The van der Waals surface area contributed by atoms with E-state index in [0.29, 0.717) is 45.3 Å². The van der Waals surface area contributed by atoms with Crippen LogP contribution in [0, 0.1) is 5.41 Å².